The van der Waals surface area contributed by atoms with Gasteiger partial charge in [0.25, 0.3) is 5.24 Å². The zero-order valence-electron chi connectivity index (χ0n) is 15.4. The molecule has 2 aromatic carbocycles. The van der Waals surface area contributed by atoms with E-state index in [9.17, 15) is 28.0 Å². The lowest BCUT2D eigenvalue weighted by atomic mass is 10.2. The van der Waals surface area contributed by atoms with E-state index >= 15 is 0 Å². The first-order valence-electron chi connectivity index (χ1n) is 8.67. The second kappa shape index (κ2) is 9.35. The number of nitrogens with zero attached hydrogens (tertiary/aromatic N) is 1. The summed E-state index contributed by atoms with van der Waals surface area (Å²) >= 11 is 0.958. The van der Waals surface area contributed by atoms with E-state index in [1.54, 1.807) is 24.3 Å². The molecule has 5 amide bonds. The maximum absolute atomic E-state index is 13.1. The summed E-state index contributed by atoms with van der Waals surface area (Å²) in [6.45, 7) is -0.235. The van der Waals surface area contributed by atoms with Crippen molar-refractivity contribution in [3.8, 4) is 0 Å². The highest BCUT2D eigenvalue weighted by Gasteiger charge is 2.29. The molecular formula is C19H16F2N4O4S. The Bertz CT molecular complexity index is 985. The van der Waals surface area contributed by atoms with Gasteiger partial charge in [0.05, 0.1) is 18.8 Å². The fourth-order valence-electron chi connectivity index (χ4n) is 2.52. The molecule has 0 aliphatic carbocycles. The third-order valence-electron chi connectivity index (χ3n) is 4.01. The summed E-state index contributed by atoms with van der Waals surface area (Å²) in [5, 5.41) is 6.90. The van der Waals surface area contributed by atoms with Crippen molar-refractivity contribution in [1.29, 1.82) is 0 Å². The molecule has 0 spiro atoms. The Hall–Kier alpha value is -3.47. The molecule has 1 fully saturated rings. The fraction of sp³-hybridized carbons (Fsp3) is 0.158. The van der Waals surface area contributed by atoms with Gasteiger partial charge in [0.1, 0.15) is 0 Å². The van der Waals surface area contributed by atoms with Crippen molar-refractivity contribution in [3.05, 3.63) is 59.7 Å². The molecule has 156 valence electrons. The highest BCUT2D eigenvalue weighted by molar-refractivity contribution is 8.14. The van der Waals surface area contributed by atoms with Crippen LogP contribution in [0.4, 0.5) is 29.7 Å². The second-order valence-electron chi connectivity index (χ2n) is 6.22. The predicted octanol–water partition coefficient (Wildman–Crippen LogP) is 2.92. The molecule has 1 aliphatic heterocycles. The lowest BCUT2D eigenvalue weighted by Gasteiger charge is -2.13. The fourth-order valence-corrected chi connectivity index (χ4v) is 3.25. The lowest BCUT2D eigenvalue weighted by molar-refractivity contribution is -0.125. The van der Waals surface area contributed by atoms with E-state index in [2.05, 4.69) is 16.0 Å². The van der Waals surface area contributed by atoms with Crippen molar-refractivity contribution in [2.24, 2.45) is 0 Å². The van der Waals surface area contributed by atoms with Gasteiger partial charge in [0, 0.05) is 17.4 Å². The summed E-state index contributed by atoms with van der Waals surface area (Å²) < 4.78 is 26.0. The molecule has 0 atom stereocenters. The maximum Gasteiger partial charge on any atom is 0.319 e. The van der Waals surface area contributed by atoms with E-state index in [0.717, 1.165) is 34.4 Å². The summed E-state index contributed by atoms with van der Waals surface area (Å²) in [7, 11) is 0. The van der Waals surface area contributed by atoms with E-state index in [-0.39, 0.29) is 35.7 Å². The number of benzene rings is 2. The van der Waals surface area contributed by atoms with Crippen LogP contribution in [0.15, 0.2) is 42.5 Å². The molecule has 0 saturated carbocycles. The molecule has 1 aliphatic rings. The van der Waals surface area contributed by atoms with Gasteiger partial charge >= 0.3 is 6.03 Å². The summed E-state index contributed by atoms with van der Waals surface area (Å²) in [6, 6.07) is 8.76. The quantitative estimate of drug-likeness (QED) is 0.648. The molecule has 0 unspecified atom stereocenters. The van der Waals surface area contributed by atoms with E-state index < -0.39 is 23.6 Å². The summed E-state index contributed by atoms with van der Waals surface area (Å²) in [5.41, 5.74) is 1.21. The first-order valence-corrected chi connectivity index (χ1v) is 9.66. The van der Waals surface area contributed by atoms with Crippen LogP contribution in [0.1, 0.15) is 5.56 Å². The molecule has 30 heavy (non-hydrogen) atoms. The van der Waals surface area contributed by atoms with Crippen LogP contribution >= 0.6 is 11.8 Å². The van der Waals surface area contributed by atoms with Gasteiger partial charge in [0.15, 0.2) is 11.6 Å². The molecule has 1 heterocycles. The second-order valence-corrected chi connectivity index (χ2v) is 7.14. The van der Waals surface area contributed by atoms with Crippen LogP contribution in [-0.2, 0) is 16.1 Å². The number of urea groups is 1. The summed E-state index contributed by atoms with van der Waals surface area (Å²) in [5.74, 6) is -2.85. The minimum atomic E-state index is -1.10. The monoisotopic (exact) mass is 434 g/mol. The number of halogens is 2. The molecule has 2 aromatic rings. The Balaban J connectivity index is 1.45. The molecular weight excluding hydrogens is 418 g/mol. The number of rotatable bonds is 6. The number of anilines is 2. The molecule has 8 nitrogen and oxygen atoms in total. The number of hydrogen-bond donors (Lipinski definition) is 3. The van der Waals surface area contributed by atoms with E-state index in [0.29, 0.717) is 5.69 Å². The Labute approximate surface area is 174 Å². The predicted molar refractivity (Wildman–Crippen MR) is 107 cm³/mol. The van der Waals surface area contributed by atoms with Crippen LogP contribution in [0.3, 0.4) is 0 Å². The molecule has 0 bridgehead atoms. The van der Waals surface area contributed by atoms with Crippen LogP contribution < -0.4 is 16.0 Å². The van der Waals surface area contributed by atoms with Crippen LogP contribution in [0.25, 0.3) is 0 Å². The Morgan fingerprint density at radius 3 is 2.30 bits per heavy atom. The summed E-state index contributed by atoms with van der Waals surface area (Å²) in [4.78, 5) is 48.1. The lowest BCUT2D eigenvalue weighted by Crippen LogP contribution is -2.35. The third-order valence-corrected chi connectivity index (χ3v) is 4.86. The minimum absolute atomic E-state index is 0.0602. The number of carbonyl (C=O) groups excluding carboxylic acids is 4. The Morgan fingerprint density at radius 2 is 1.67 bits per heavy atom. The smallest absolute Gasteiger partial charge is 0.319 e. The first kappa shape index (κ1) is 21.2. The number of imide groups is 1. The highest BCUT2D eigenvalue weighted by atomic mass is 32.2. The first-order chi connectivity index (χ1) is 14.3. The van der Waals surface area contributed by atoms with Gasteiger partial charge in [0.2, 0.25) is 11.8 Å². The van der Waals surface area contributed by atoms with Gasteiger partial charge in [-0.05, 0) is 29.8 Å². The van der Waals surface area contributed by atoms with Gasteiger partial charge in [-0.2, -0.15) is 0 Å². The number of carbonyl (C=O) groups is 4. The largest absolute Gasteiger partial charge is 0.329 e. The molecule has 0 aromatic heterocycles. The minimum Gasteiger partial charge on any atom is -0.329 e. The van der Waals surface area contributed by atoms with Gasteiger partial charge in [-0.15, -0.1) is 0 Å². The highest BCUT2D eigenvalue weighted by Crippen LogP contribution is 2.21. The number of amides is 5. The molecule has 1 saturated heterocycles. The third kappa shape index (κ3) is 5.54. The number of hydrogen-bond acceptors (Lipinski definition) is 5. The van der Waals surface area contributed by atoms with Crippen molar-refractivity contribution in [1.82, 2.24) is 10.2 Å². The van der Waals surface area contributed by atoms with Crippen molar-refractivity contribution in [2.45, 2.75) is 6.54 Å². The van der Waals surface area contributed by atoms with Gasteiger partial charge in [-0.25, -0.2) is 13.6 Å². The Morgan fingerprint density at radius 1 is 0.967 bits per heavy atom. The number of nitrogens with one attached hydrogen (secondary N) is 3. The van der Waals surface area contributed by atoms with E-state index in [1.807, 2.05) is 0 Å². The topological polar surface area (TPSA) is 108 Å². The Kier molecular flexibility index (Phi) is 6.62. The normalized spacial score (nSPS) is 13.3. The van der Waals surface area contributed by atoms with E-state index in [1.165, 1.54) is 6.07 Å². The van der Waals surface area contributed by atoms with Crippen LogP contribution in [0.5, 0.6) is 0 Å². The summed E-state index contributed by atoms with van der Waals surface area (Å²) in [6.07, 6.45) is 0. The molecule has 0 radical (unpaired) electrons. The van der Waals surface area contributed by atoms with Crippen LogP contribution in [0, 0.1) is 11.6 Å². The van der Waals surface area contributed by atoms with Gasteiger partial charge in [-0.3, -0.25) is 19.3 Å². The average Bonchev–Trinajstić information content (AvgIpc) is 3.03. The SMILES string of the molecule is O=C(CNC(=O)Nc1ccc(CN2C(=O)CSC2=O)cc1)Nc1ccc(F)c(F)c1. The van der Waals surface area contributed by atoms with Crippen molar-refractivity contribution < 1.29 is 28.0 Å². The van der Waals surface area contributed by atoms with E-state index in [4.69, 9.17) is 0 Å². The standard InChI is InChI=1S/C19H16F2N4O4S/c20-14-6-5-13(7-15(14)21)23-16(26)8-22-18(28)24-12-3-1-11(2-4-12)9-25-17(27)10-30-19(25)29/h1-7H,8-10H2,(H,23,26)(H2,22,24,28). The number of thioether (sulfide) groups is 1. The van der Waals surface area contributed by atoms with Crippen molar-refractivity contribution >= 4 is 46.2 Å². The van der Waals surface area contributed by atoms with Crippen LogP contribution in [0.2, 0.25) is 0 Å². The van der Waals surface area contributed by atoms with Crippen molar-refractivity contribution in [2.75, 3.05) is 22.9 Å². The zero-order chi connectivity index (χ0) is 21.7. The van der Waals surface area contributed by atoms with Crippen LogP contribution in [-0.4, -0.2) is 40.3 Å². The van der Waals surface area contributed by atoms with Crippen molar-refractivity contribution in [3.63, 3.8) is 0 Å². The van der Waals surface area contributed by atoms with Gasteiger partial charge < -0.3 is 16.0 Å². The zero-order valence-corrected chi connectivity index (χ0v) is 16.2. The molecule has 3 N–H and O–H groups in total. The average molecular weight is 434 g/mol. The van der Waals surface area contributed by atoms with Gasteiger partial charge in [-0.1, -0.05) is 23.9 Å². The molecule has 3 rings (SSSR count). The molecule has 11 heteroatoms. The maximum atomic E-state index is 13.1.